The number of carbonyl (C=O) groups excluding carboxylic acids is 1. The SMILES string of the molecule is C=C(C)C(=O)N1CCC(C(N[S+]([O-])C(C)(C)C)c2cc(Cl)c(Cl)cc2O)CC1. The van der Waals surface area contributed by atoms with Crippen LogP contribution in [0.15, 0.2) is 24.3 Å². The highest BCUT2D eigenvalue weighted by Crippen LogP contribution is 2.40. The number of nitrogens with one attached hydrogen (secondary N) is 1. The Morgan fingerprint density at radius 1 is 1.32 bits per heavy atom. The van der Waals surface area contributed by atoms with Gasteiger partial charge in [0, 0.05) is 41.7 Å². The number of hydrogen-bond donors (Lipinski definition) is 2. The zero-order valence-electron chi connectivity index (χ0n) is 16.7. The summed E-state index contributed by atoms with van der Waals surface area (Å²) >= 11 is 10.9. The van der Waals surface area contributed by atoms with Crippen molar-refractivity contribution in [1.82, 2.24) is 9.62 Å². The zero-order chi connectivity index (χ0) is 21.2. The van der Waals surface area contributed by atoms with Gasteiger partial charge in [0.2, 0.25) is 5.91 Å². The molecule has 0 radical (unpaired) electrons. The lowest BCUT2D eigenvalue weighted by Gasteiger charge is -2.38. The van der Waals surface area contributed by atoms with Gasteiger partial charge in [-0.25, -0.2) is 0 Å². The summed E-state index contributed by atoms with van der Waals surface area (Å²) in [5, 5.41) is 11.1. The first-order valence-electron chi connectivity index (χ1n) is 9.22. The van der Waals surface area contributed by atoms with Gasteiger partial charge >= 0.3 is 0 Å². The Bertz CT molecular complexity index is 744. The molecular weight excluding hydrogens is 419 g/mol. The summed E-state index contributed by atoms with van der Waals surface area (Å²) in [6.07, 6.45) is 1.41. The van der Waals surface area contributed by atoms with Gasteiger partial charge in [-0.1, -0.05) is 29.8 Å². The van der Waals surface area contributed by atoms with Crippen LogP contribution in [-0.2, 0) is 16.2 Å². The van der Waals surface area contributed by atoms with E-state index in [1.807, 2.05) is 20.8 Å². The van der Waals surface area contributed by atoms with Gasteiger partial charge in [-0.15, -0.1) is 4.72 Å². The first-order valence-corrected chi connectivity index (χ1v) is 11.1. The fourth-order valence-corrected chi connectivity index (χ4v) is 4.45. The summed E-state index contributed by atoms with van der Waals surface area (Å²) in [5.74, 6) is 0.0421. The number of amides is 1. The summed E-state index contributed by atoms with van der Waals surface area (Å²) < 4.78 is 15.5. The van der Waals surface area contributed by atoms with E-state index in [0.717, 1.165) is 0 Å². The number of phenolic OH excluding ortho intramolecular Hbond substituents is 1. The summed E-state index contributed by atoms with van der Waals surface area (Å²) in [5.41, 5.74) is 1.08. The maximum atomic E-state index is 12.8. The Labute approximate surface area is 180 Å². The number of likely N-dealkylation sites (tertiary alicyclic amines) is 1. The molecule has 2 rings (SSSR count). The number of aromatic hydroxyl groups is 1. The Morgan fingerprint density at radius 3 is 2.36 bits per heavy atom. The van der Waals surface area contributed by atoms with Gasteiger partial charge in [0.25, 0.3) is 0 Å². The molecule has 1 amide bonds. The molecule has 1 aromatic rings. The minimum Gasteiger partial charge on any atom is -0.598 e. The zero-order valence-corrected chi connectivity index (χ0v) is 19.0. The summed E-state index contributed by atoms with van der Waals surface area (Å²) in [6.45, 7) is 12.3. The maximum Gasteiger partial charge on any atom is 0.248 e. The highest BCUT2D eigenvalue weighted by Gasteiger charge is 2.37. The van der Waals surface area contributed by atoms with E-state index in [0.29, 0.717) is 42.1 Å². The number of rotatable bonds is 5. The van der Waals surface area contributed by atoms with E-state index < -0.39 is 16.1 Å². The van der Waals surface area contributed by atoms with Crippen molar-refractivity contribution in [3.63, 3.8) is 0 Å². The molecule has 8 heteroatoms. The van der Waals surface area contributed by atoms with Gasteiger partial charge in [-0.3, -0.25) is 4.79 Å². The molecule has 2 atom stereocenters. The smallest absolute Gasteiger partial charge is 0.248 e. The predicted octanol–water partition coefficient (Wildman–Crippen LogP) is 4.61. The van der Waals surface area contributed by atoms with E-state index in [1.165, 1.54) is 6.07 Å². The number of benzene rings is 1. The maximum absolute atomic E-state index is 12.8. The first kappa shape index (κ1) is 23.4. The van der Waals surface area contributed by atoms with Crippen molar-refractivity contribution < 1.29 is 14.5 Å². The van der Waals surface area contributed by atoms with Crippen molar-refractivity contribution in [2.75, 3.05) is 13.1 Å². The van der Waals surface area contributed by atoms with Crippen LogP contribution in [0.5, 0.6) is 5.75 Å². The number of carbonyl (C=O) groups is 1. The van der Waals surface area contributed by atoms with Gasteiger partial charge in [0.15, 0.2) is 0 Å². The highest BCUT2D eigenvalue weighted by atomic mass is 35.5. The van der Waals surface area contributed by atoms with Crippen LogP contribution in [0.3, 0.4) is 0 Å². The van der Waals surface area contributed by atoms with E-state index in [9.17, 15) is 14.5 Å². The van der Waals surface area contributed by atoms with Crippen LogP contribution in [0.1, 0.15) is 52.1 Å². The van der Waals surface area contributed by atoms with Gasteiger partial charge in [-0.05, 0) is 52.5 Å². The number of hydrogen-bond acceptors (Lipinski definition) is 4. The molecule has 0 bridgehead atoms. The van der Waals surface area contributed by atoms with Crippen molar-refractivity contribution in [3.05, 3.63) is 39.9 Å². The van der Waals surface area contributed by atoms with Crippen LogP contribution in [0.4, 0.5) is 0 Å². The molecule has 1 aliphatic rings. The second kappa shape index (κ2) is 9.26. The third-order valence-electron chi connectivity index (χ3n) is 4.86. The van der Waals surface area contributed by atoms with Crippen molar-refractivity contribution in [1.29, 1.82) is 0 Å². The number of halogens is 2. The van der Waals surface area contributed by atoms with Crippen LogP contribution in [0, 0.1) is 5.92 Å². The lowest BCUT2D eigenvalue weighted by molar-refractivity contribution is -0.128. The predicted molar refractivity (Wildman–Crippen MR) is 116 cm³/mol. The third-order valence-corrected chi connectivity index (χ3v) is 7.16. The summed E-state index contributed by atoms with van der Waals surface area (Å²) in [4.78, 5) is 14.0. The van der Waals surface area contributed by atoms with E-state index in [1.54, 1.807) is 17.9 Å². The van der Waals surface area contributed by atoms with Gasteiger partial charge in [0.05, 0.1) is 16.1 Å². The molecule has 5 nitrogen and oxygen atoms in total. The Kier molecular flexibility index (Phi) is 7.73. The minimum absolute atomic E-state index is 0.0123. The van der Waals surface area contributed by atoms with Crippen LogP contribution in [-0.4, -0.2) is 38.3 Å². The molecule has 0 saturated carbocycles. The lowest BCUT2D eigenvalue weighted by Crippen LogP contribution is -2.46. The second-order valence-corrected chi connectivity index (χ2v) is 11.0. The quantitative estimate of drug-likeness (QED) is 0.511. The Morgan fingerprint density at radius 2 is 1.86 bits per heavy atom. The van der Waals surface area contributed by atoms with Crippen molar-refractivity contribution in [2.24, 2.45) is 5.92 Å². The monoisotopic (exact) mass is 446 g/mol. The van der Waals surface area contributed by atoms with E-state index >= 15 is 0 Å². The fourth-order valence-electron chi connectivity index (χ4n) is 3.21. The average Bonchev–Trinajstić information content (AvgIpc) is 2.61. The summed E-state index contributed by atoms with van der Waals surface area (Å²) in [7, 11) is 0. The van der Waals surface area contributed by atoms with Crippen LogP contribution in [0.25, 0.3) is 0 Å². The average molecular weight is 447 g/mol. The van der Waals surface area contributed by atoms with Gasteiger partial charge in [-0.2, -0.15) is 0 Å². The molecular formula is C20H28Cl2N2O3S. The molecule has 2 unspecified atom stereocenters. The lowest BCUT2D eigenvalue weighted by atomic mass is 9.85. The largest absolute Gasteiger partial charge is 0.598 e. The first-order chi connectivity index (χ1) is 12.9. The highest BCUT2D eigenvalue weighted by molar-refractivity contribution is 7.90. The van der Waals surface area contributed by atoms with Crippen LogP contribution < -0.4 is 4.72 Å². The van der Waals surface area contributed by atoms with Crippen LogP contribution in [0.2, 0.25) is 10.0 Å². The molecule has 156 valence electrons. The topological polar surface area (TPSA) is 75.6 Å². The van der Waals surface area contributed by atoms with Crippen molar-refractivity contribution >= 4 is 40.5 Å². The Balaban J connectivity index is 2.29. The van der Waals surface area contributed by atoms with Crippen LogP contribution >= 0.6 is 23.2 Å². The fraction of sp³-hybridized carbons (Fsp3) is 0.550. The molecule has 1 heterocycles. The number of phenols is 1. The molecule has 2 N–H and O–H groups in total. The number of nitrogens with zero attached hydrogens (tertiary/aromatic N) is 1. The molecule has 1 aliphatic heterocycles. The van der Waals surface area contributed by atoms with E-state index in [4.69, 9.17) is 23.2 Å². The molecule has 1 fully saturated rings. The van der Waals surface area contributed by atoms with Crippen molar-refractivity contribution in [3.8, 4) is 5.75 Å². The molecule has 0 spiro atoms. The van der Waals surface area contributed by atoms with Crippen molar-refractivity contribution in [2.45, 2.75) is 51.3 Å². The normalized spacial score (nSPS) is 18.0. The van der Waals surface area contributed by atoms with E-state index in [-0.39, 0.29) is 28.6 Å². The summed E-state index contributed by atoms with van der Waals surface area (Å²) in [6, 6.07) is 2.66. The standard InChI is InChI=1S/C20H28Cl2N2O3S/c1-12(2)19(26)24-8-6-13(7-9-24)18(23-28(27)20(3,4)5)14-10-15(21)16(22)11-17(14)25/h10-11,13,18,23,25H,1,6-9H2,2-5H3. The van der Waals surface area contributed by atoms with Gasteiger partial charge in [0.1, 0.15) is 10.5 Å². The second-order valence-electron chi connectivity index (χ2n) is 8.21. The number of piperidine rings is 1. The van der Waals surface area contributed by atoms with Gasteiger partial charge < -0.3 is 14.6 Å². The minimum atomic E-state index is -1.35. The molecule has 28 heavy (non-hydrogen) atoms. The molecule has 1 aromatic carbocycles. The molecule has 0 aromatic heterocycles. The van der Waals surface area contributed by atoms with E-state index in [2.05, 4.69) is 11.3 Å². The Hall–Kier alpha value is -0.920. The third kappa shape index (κ3) is 5.57. The molecule has 0 aliphatic carbocycles. The molecule has 1 saturated heterocycles.